The molecule has 1 aromatic rings. The van der Waals surface area contributed by atoms with E-state index in [0.29, 0.717) is 0 Å². The maximum absolute atomic E-state index is 3.41. The predicted molar refractivity (Wildman–Crippen MR) is 68.6 cm³/mol. The van der Waals surface area contributed by atoms with E-state index in [0.717, 1.165) is 6.54 Å². The second-order valence-electron chi connectivity index (χ2n) is 4.07. The molecule has 0 bridgehead atoms. The molecule has 0 aliphatic heterocycles. The lowest BCUT2D eigenvalue weighted by Gasteiger charge is -2.09. The Hall–Kier alpha value is -0.980. The topological polar surface area (TPSA) is 12.0 Å². The fourth-order valence-corrected chi connectivity index (χ4v) is 1.93. The van der Waals surface area contributed by atoms with Crippen LogP contribution in [-0.2, 0) is 12.8 Å². The lowest BCUT2D eigenvalue weighted by atomic mass is 10.0. The Bertz CT molecular complexity index is 231. The molecule has 0 atom stereocenters. The van der Waals surface area contributed by atoms with Crippen LogP contribution in [0, 0.1) is 0 Å². The summed E-state index contributed by atoms with van der Waals surface area (Å²) in [5, 5.41) is 3.41. The van der Waals surface area contributed by atoms with Crippen LogP contribution in [0.2, 0.25) is 0 Å². The van der Waals surface area contributed by atoms with Gasteiger partial charge in [-0.1, -0.05) is 32.8 Å². The number of hydrogen-bond acceptors (Lipinski definition) is 1. The third kappa shape index (κ3) is 3.94. The number of benzene rings is 1. The van der Waals surface area contributed by atoms with E-state index in [4.69, 9.17) is 0 Å². The highest BCUT2D eigenvalue weighted by Crippen LogP contribution is 2.17. The molecule has 0 heterocycles. The van der Waals surface area contributed by atoms with Crippen molar-refractivity contribution in [3.8, 4) is 0 Å². The second-order valence-corrected chi connectivity index (χ2v) is 4.07. The van der Waals surface area contributed by atoms with Gasteiger partial charge in [0.05, 0.1) is 0 Å². The lowest BCUT2D eigenvalue weighted by molar-refractivity contribution is 0.895. The van der Waals surface area contributed by atoms with Gasteiger partial charge in [0.1, 0.15) is 0 Å². The van der Waals surface area contributed by atoms with Crippen molar-refractivity contribution >= 4 is 5.69 Å². The third-order valence-electron chi connectivity index (χ3n) is 2.51. The molecular formula is C14H23N. The van der Waals surface area contributed by atoms with Crippen LogP contribution >= 0.6 is 0 Å². The molecule has 0 radical (unpaired) electrons. The zero-order valence-electron chi connectivity index (χ0n) is 10.3. The Morgan fingerprint density at radius 3 is 1.80 bits per heavy atom. The number of hydrogen-bond donors (Lipinski definition) is 1. The molecule has 15 heavy (non-hydrogen) atoms. The molecule has 0 aliphatic carbocycles. The molecule has 1 N–H and O–H groups in total. The molecule has 0 amide bonds. The first-order valence-corrected chi connectivity index (χ1v) is 6.16. The molecule has 0 spiro atoms. The average molecular weight is 205 g/mol. The lowest BCUT2D eigenvalue weighted by Crippen LogP contribution is -1.99. The maximum atomic E-state index is 3.41. The first kappa shape index (κ1) is 12.1. The minimum atomic E-state index is 1.00. The summed E-state index contributed by atoms with van der Waals surface area (Å²) in [5.41, 5.74) is 4.23. The van der Waals surface area contributed by atoms with Gasteiger partial charge in [-0.3, -0.25) is 0 Å². The quantitative estimate of drug-likeness (QED) is 0.739. The molecule has 1 heteroatoms. The molecule has 0 aromatic heterocycles. The van der Waals surface area contributed by atoms with Gasteiger partial charge in [0.2, 0.25) is 0 Å². The summed E-state index contributed by atoms with van der Waals surface area (Å²) in [7, 11) is 0. The normalized spacial score (nSPS) is 10.3. The van der Waals surface area contributed by atoms with Gasteiger partial charge in [-0.2, -0.15) is 0 Å². The van der Waals surface area contributed by atoms with Crippen LogP contribution in [-0.4, -0.2) is 6.54 Å². The van der Waals surface area contributed by atoms with Gasteiger partial charge in [0, 0.05) is 12.2 Å². The monoisotopic (exact) mass is 205 g/mol. The van der Waals surface area contributed by atoms with Crippen molar-refractivity contribution in [2.24, 2.45) is 0 Å². The van der Waals surface area contributed by atoms with Crippen LogP contribution < -0.4 is 5.32 Å². The number of anilines is 1. The third-order valence-corrected chi connectivity index (χ3v) is 2.51. The van der Waals surface area contributed by atoms with E-state index in [2.05, 4.69) is 44.3 Å². The highest BCUT2D eigenvalue weighted by molar-refractivity contribution is 5.49. The van der Waals surface area contributed by atoms with Crippen molar-refractivity contribution in [1.82, 2.24) is 0 Å². The largest absolute Gasteiger partial charge is 0.385 e. The Morgan fingerprint density at radius 1 is 0.867 bits per heavy atom. The first-order valence-electron chi connectivity index (χ1n) is 6.16. The van der Waals surface area contributed by atoms with Gasteiger partial charge in [0.25, 0.3) is 0 Å². The van der Waals surface area contributed by atoms with E-state index in [1.54, 1.807) is 0 Å². The Kier molecular flexibility index (Phi) is 5.23. The Labute approximate surface area is 93.9 Å². The van der Waals surface area contributed by atoms with Gasteiger partial charge in [-0.15, -0.1) is 0 Å². The van der Waals surface area contributed by atoms with Crippen LogP contribution in [0.4, 0.5) is 5.69 Å². The number of aryl methyl sites for hydroxylation is 2. The summed E-state index contributed by atoms with van der Waals surface area (Å²) in [6.07, 6.45) is 4.83. The molecule has 0 fully saturated rings. The molecule has 1 nitrogen and oxygen atoms in total. The molecule has 1 rings (SSSR count). The van der Waals surface area contributed by atoms with Gasteiger partial charge in [0.15, 0.2) is 0 Å². The summed E-state index contributed by atoms with van der Waals surface area (Å²) >= 11 is 0. The maximum Gasteiger partial charge on any atom is 0.0345 e. The predicted octanol–water partition coefficient (Wildman–Crippen LogP) is 4.02. The summed E-state index contributed by atoms with van der Waals surface area (Å²) in [6, 6.07) is 6.92. The van der Waals surface area contributed by atoms with Crippen molar-refractivity contribution in [3.05, 3.63) is 29.3 Å². The fraction of sp³-hybridized carbons (Fsp3) is 0.571. The van der Waals surface area contributed by atoms with Crippen LogP contribution in [0.25, 0.3) is 0 Å². The summed E-state index contributed by atoms with van der Waals surface area (Å²) in [6.45, 7) is 7.62. The van der Waals surface area contributed by atoms with E-state index in [1.807, 2.05) is 0 Å². The van der Waals surface area contributed by atoms with E-state index in [-0.39, 0.29) is 0 Å². The molecule has 0 unspecified atom stereocenters. The van der Waals surface area contributed by atoms with Crippen LogP contribution in [0.15, 0.2) is 18.2 Å². The van der Waals surface area contributed by atoms with E-state index < -0.39 is 0 Å². The summed E-state index contributed by atoms with van der Waals surface area (Å²) in [5.74, 6) is 0. The highest BCUT2D eigenvalue weighted by atomic mass is 14.8. The zero-order chi connectivity index (χ0) is 11.1. The summed E-state index contributed by atoms with van der Waals surface area (Å²) < 4.78 is 0. The first-order chi connectivity index (χ1) is 7.30. The SMILES string of the molecule is CCCc1cc(CCC)cc(NCC)c1. The van der Waals surface area contributed by atoms with Gasteiger partial charge in [-0.25, -0.2) is 0 Å². The molecule has 84 valence electrons. The van der Waals surface area contributed by atoms with Crippen molar-refractivity contribution in [2.75, 3.05) is 11.9 Å². The minimum Gasteiger partial charge on any atom is -0.385 e. The second kappa shape index (κ2) is 6.49. The van der Waals surface area contributed by atoms with E-state index in [1.165, 1.54) is 42.5 Å². The van der Waals surface area contributed by atoms with Crippen LogP contribution in [0.5, 0.6) is 0 Å². The molecule has 0 aliphatic rings. The average Bonchev–Trinajstić information content (AvgIpc) is 2.19. The van der Waals surface area contributed by atoms with E-state index in [9.17, 15) is 0 Å². The van der Waals surface area contributed by atoms with Crippen molar-refractivity contribution in [2.45, 2.75) is 46.5 Å². The van der Waals surface area contributed by atoms with Crippen molar-refractivity contribution in [1.29, 1.82) is 0 Å². The highest BCUT2D eigenvalue weighted by Gasteiger charge is 1.99. The van der Waals surface area contributed by atoms with Crippen LogP contribution in [0.3, 0.4) is 0 Å². The Balaban J connectivity index is 2.86. The fourth-order valence-electron chi connectivity index (χ4n) is 1.93. The van der Waals surface area contributed by atoms with Gasteiger partial charge >= 0.3 is 0 Å². The van der Waals surface area contributed by atoms with Gasteiger partial charge < -0.3 is 5.32 Å². The summed E-state index contributed by atoms with van der Waals surface area (Å²) in [4.78, 5) is 0. The van der Waals surface area contributed by atoms with Crippen LogP contribution in [0.1, 0.15) is 44.7 Å². The van der Waals surface area contributed by atoms with Crippen molar-refractivity contribution in [3.63, 3.8) is 0 Å². The number of rotatable bonds is 6. The Morgan fingerprint density at radius 2 is 1.40 bits per heavy atom. The minimum absolute atomic E-state index is 1.00. The van der Waals surface area contributed by atoms with Crippen molar-refractivity contribution < 1.29 is 0 Å². The molecule has 1 aromatic carbocycles. The number of nitrogens with one attached hydrogen (secondary N) is 1. The van der Waals surface area contributed by atoms with Gasteiger partial charge in [-0.05, 0) is 43.0 Å². The standard InChI is InChI=1S/C14H23N/c1-4-7-12-9-13(8-5-2)11-14(10-12)15-6-3/h9-11,15H,4-8H2,1-3H3. The van der Waals surface area contributed by atoms with E-state index >= 15 is 0 Å². The zero-order valence-corrected chi connectivity index (χ0v) is 10.3. The smallest absolute Gasteiger partial charge is 0.0345 e. The molecular weight excluding hydrogens is 182 g/mol. The molecule has 0 saturated carbocycles. The molecule has 0 saturated heterocycles.